The zero-order valence-electron chi connectivity index (χ0n) is 8.08. The van der Waals surface area contributed by atoms with Crippen molar-refractivity contribution >= 4 is 33.4 Å². The number of hydrogen-bond acceptors (Lipinski definition) is 2. The Labute approximate surface area is 91.1 Å². The van der Waals surface area contributed by atoms with Gasteiger partial charge >= 0.3 is 0 Å². The highest BCUT2D eigenvalue weighted by molar-refractivity contribution is 6.37. The highest BCUT2D eigenvalue weighted by atomic mass is 35.5. The fourth-order valence-electron chi connectivity index (χ4n) is 1.83. The van der Waals surface area contributed by atoms with Gasteiger partial charge in [0.15, 0.2) is 0 Å². The Bertz CT molecular complexity index is 657. The number of aryl methyl sites for hydroxylation is 1. The van der Waals surface area contributed by atoms with Crippen LogP contribution < -0.4 is 0 Å². The van der Waals surface area contributed by atoms with Gasteiger partial charge < -0.3 is 0 Å². The first-order valence-electron chi connectivity index (χ1n) is 4.64. The lowest BCUT2D eigenvalue weighted by atomic mass is 10.1. The van der Waals surface area contributed by atoms with Gasteiger partial charge in [-0.15, -0.1) is 0 Å². The van der Waals surface area contributed by atoms with Crippen molar-refractivity contribution in [2.45, 2.75) is 6.92 Å². The standard InChI is InChI=1S/C11H8ClN3/c1-6-4-8(12)11-7-5-13-15-9(7)2-3-10(11)14-6/h2-5H,1H3,(H,13,15). The Hall–Kier alpha value is -1.61. The van der Waals surface area contributed by atoms with Gasteiger partial charge in [0, 0.05) is 16.5 Å². The van der Waals surface area contributed by atoms with Crippen LogP contribution in [0.1, 0.15) is 5.69 Å². The number of nitrogens with zero attached hydrogens (tertiary/aromatic N) is 2. The van der Waals surface area contributed by atoms with Crippen LogP contribution in [-0.2, 0) is 0 Å². The second kappa shape index (κ2) is 2.94. The van der Waals surface area contributed by atoms with Crippen LogP contribution in [0.25, 0.3) is 21.8 Å². The molecule has 15 heavy (non-hydrogen) atoms. The summed E-state index contributed by atoms with van der Waals surface area (Å²) in [5.74, 6) is 0. The average Bonchev–Trinajstić information content (AvgIpc) is 2.63. The molecule has 0 saturated carbocycles. The predicted molar refractivity (Wildman–Crippen MR) is 61.1 cm³/mol. The van der Waals surface area contributed by atoms with Crippen LogP contribution in [0.4, 0.5) is 0 Å². The van der Waals surface area contributed by atoms with Gasteiger partial charge in [0.25, 0.3) is 0 Å². The van der Waals surface area contributed by atoms with Crippen molar-refractivity contribution in [2.24, 2.45) is 0 Å². The van der Waals surface area contributed by atoms with E-state index in [1.165, 1.54) is 0 Å². The molecule has 3 nitrogen and oxygen atoms in total. The summed E-state index contributed by atoms with van der Waals surface area (Å²) in [4.78, 5) is 4.44. The zero-order chi connectivity index (χ0) is 10.4. The summed E-state index contributed by atoms with van der Waals surface area (Å²) in [7, 11) is 0. The Morgan fingerprint density at radius 3 is 3.07 bits per heavy atom. The summed E-state index contributed by atoms with van der Waals surface area (Å²) in [6, 6.07) is 5.79. The molecule has 1 N–H and O–H groups in total. The summed E-state index contributed by atoms with van der Waals surface area (Å²) in [5.41, 5.74) is 2.82. The van der Waals surface area contributed by atoms with E-state index in [4.69, 9.17) is 11.6 Å². The molecule has 2 aromatic heterocycles. The topological polar surface area (TPSA) is 41.6 Å². The number of H-pyrrole nitrogens is 1. The van der Waals surface area contributed by atoms with E-state index < -0.39 is 0 Å². The van der Waals surface area contributed by atoms with Crippen molar-refractivity contribution in [1.29, 1.82) is 0 Å². The summed E-state index contributed by atoms with van der Waals surface area (Å²) in [6.45, 7) is 1.94. The lowest BCUT2D eigenvalue weighted by Gasteiger charge is -2.02. The molecule has 0 amide bonds. The van der Waals surface area contributed by atoms with Crippen molar-refractivity contribution in [2.75, 3.05) is 0 Å². The largest absolute Gasteiger partial charge is 0.278 e. The maximum Gasteiger partial charge on any atom is 0.0728 e. The molecule has 0 spiro atoms. The molecule has 0 saturated heterocycles. The summed E-state index contributed by atoms with van der Waals surface area (Å²) < 4.78 is 0. The maximum atomic E-state index is 6.22. The van der Waals surface area contributed by atoms with Gasteiger partial charge in [0.05, 0.1) is 22.3 Å². The normalized spacial score (nSPS) is 11.3. The molecule has 1 aromatic carbocycles. The number of pyridine rings is 1. The third-order valence-electron chi connectivity index (χ3n) is 2.47. The van der Waals surface area contributed by atoms with E-state index in [-0.39, 0.29) is 0 Å². The molecule has 0 aliphatic rings. The van der Waals surface area contributed by atoms with Crippen LogP contribution in [0.3, 0.4) is 0 Å². The zero-order valence-corrected chi connectivity index (χ0v) is 8.84. The van der Waals surface area contributed by atoms with Crippen molar-refractivity contribution in [3.8, 4) is 0 Å². The van der Waals surface area contributed by atoms with E-state index in [0.717, 1.165) is 32.5 Å². The number of hydrogen-bond donors (Lipinski definition) is 1. The van der Waals surface area contributed by atoms with Crippen LogP contribution in [0.2, 0.25) is 5.02 Å². The number of fused-ring (bicyclic) bond motifs is 3. The quantitative estimate of drug-likeness (QED) is 0.629. The second-order valence-electron chi connectivity index (χ2n) is 3.54. The van der Waals surface area contributed by atoms with Gasteiger partial charge in [-0.2, -0.15) is 5.10 Å². The van der Waals surface area contributed by atoms with Gasteiger partial charge in [-0.1, -0.05) is 11.6 Å². The molecule has 74 valence electrons. The molecule has 4 heteroatoms. The minimum atomic E-state index is 0.726. The lowest BCUT2D eigenvalue weighted by molar-refractivity contribution is 1.12. The third kappa shape index (κ3) is 1.20. The fraction of sp³-hybridized carbons (Fsp3) is 0.0909. The van der Waals surface area contributed by atoms with Gasteiger partial charge in [-0.25, -0.2) is 0 Å². The number of rotatable bonds is 0. The second-order valence-corrected chi connectivity index (χ2v) is 3.94. The maximum absolute atomic E-state index is 6.22. The molecule has 0 aliphatic carbocycles. The van der Waals surface area contributed by atoms with Crippen LogP contribution >= 0.6 is 11.6 Å². The van der Waals surface area contributed by atoms with Crippen molar-refractivity contribution in [3.05, 3.63) is 35.1 Å². The molecule has 3 rings (SSSR count). The molecule has 0 fully saturated rings. The summed E-state index contributed by atoms with van der Waals surface area (Å²) in [5, 5.41) is 9.63. The molecular weight excluding hydrogens is 210 g/mol. The minimum Gasteiger partial charge on any atom is -0.278 e. The fourth-order valence-corrected chi connectivity index (χ4v) is 2.18. The summed E-state index contributed by atoms with van der Waals surface area (Å²) in [6.07, 6.45) is 1.78. The SMILES string of the molecule is Cc1cc(Cl)c2c(ccc3[nH]ncc32)n1. The first kappa shape index (κ1) is 8.68. The lowest BCUT2D eigenvalue weighted by Crippen LogP contribution is -1.85. The van der Waals surface area contributed by atoms with Crippen LogP contribution in [0.15, 0.2) is 24.4 Å². The van der Waals surface area contributed by atoms with Crippen LogP contribution in [-0.4, -0.2) is 15.2 Å². The highest BCUT2D eigenvalue weighted by Crippen LogP contribution is 2.29. The van der Waals surface area contributed by atoms with E-state index in [1.54, 1.807) is 6.20 Å². The van der Waals surface area contributed by atoms with Gasteiger partial charge in [0.1, 0.15) is 0 Å². The summed E-state index contributed by atoms with van der Waals surface area (Å²) >= 11 is 6.22. The Morgan fingerprint density at radius 1 is 1.33 bits per heavy atom. The Kier molecular flexibility index (Phi) is 1.70. The molecule has 0 atom stereocenters. The van der Waals surface area contributed by atoms with E-state index in [0.29, 0.717) is 0 Å². The first-order valence-corrected chi connectivity index (χ1v) is 5.02. The molecule has 0 aliphatic heterocycles. The Balaban J connectivity index is 2.62. The van der Waals surface area contributed by atoms with Gasteiger partial charge in [-0.05, 0) is 25.1 Å². The van der Waals surface area contributed by atoms with E-state index >= 15 is 0 Å². The number of aromatic amines is 1. The third-order valence-corrected chi connectivity index (χ3v) is 2.77. The number of aromatic nitrogens is 3. The molecular formula is C11H8ClN3. The van der Waals surface area contributed by atoms with Crippen molar-refractivity contribution in [3.63, 3.8) is 0 Å². The van der Waals surface area contributed by atoms with Crippen LogP contribution in [0.5, 0.6) is 0 Å². The van der Waals surface area contributed by atoms with Gasteiger partial charge in [0.2, 0.25) is 0 Å². The van der Waals surface area contributed by atoms with Crippen molar-refractivity contribution in [1.82, 2.24) is 15.2 Å². The smallest absolute Gasteiger partial charge is 0.0728 e. The number of benzene rings is 1. The first-order chi connectivity index (χ1) is 7.25. The number of halogens is 1. The van der Waals surface area contributed by atoms with E-state index in [9.17, 15) is 0 Å². The molecule has 0 bridgehead atoms. The number of nitrogens with one attached hydrogen (secondary N) is 1. The van der Waals surface area contributed by atoms with Crippen molar-refractivity contribution < 1.29 is 0 Å². The molecule has 3 aromatic rings. The minimum absolute atomic E-state index is 0.726. The highest BCUT2D eigenvalue weighted by Gasteiger charge is 2.07. The molecule has 0 radical (unpaired) electrons. The van der Waals surface area contributed by atoms with E-state index in [2.05, 4.69) is 15.2 Å². The molecule has 2 heterocycles. The van der Waals surface area contributed by atoms with Crippen LogP contribution in [0, 0.1) is 6.92 Å². The monoisotopic (exact) mass is 217 g/mol. The average molecular weight is 218 g/mol. The predicted octanol–water partition coefficient (Wildman–Crippen LogP) is 3.07. The molecule has 0 unspecified atom stereocenters. The Morgan fingerprint density at radius 2 is 2.20 bits per heavy atom. The van der Waals surface area contributed by atoms with E-state index in [1.807, 2.05) is 25.1 Å². The van der Waals surface area contributed by atoms with Gasteiger partial charge in [-0.3, -0.25) is 10.1 Å².